The molecule has 4 aliphatic carbocycles. The minimum Gasteiger partial charge on any atom is -0.508 e. The Morgan fingerprint density at radius 2 is 1.97 bits per heavy atom. The Bertz CT molecular complexity index is 902. The molecule has 0 aromatic heterocycles. The molecule has 2 fully saturated rings. The third-order valence-corrected chi connectivity index (χ3v) is 7.96. The van der Waals surface area contributed by atoms with Crippen molar-refractivity contribution in [2.24, 2.45) is 17.3 Å². The first-order valence-corrected chi connectivity index (χ1v) is 10.9. The molecule has 0 heterocycles. The van der Waals surface area contributed by atoms with Crippen LogP contribution in [-0.2, 0) is 11.2 Å². The summed E-state index contributed by atoms with van der Waals surface area (Å²) in [6.07, 6.45) is 9.74. The second-order valence-corrected chi connectivity index (χ2v) is 9.52. The van der Waals surface area contributed by atoms with Gasteiger partial charge in [0, 0.05) is 12.0 Å². The number of hydrogen-bond acceptors (Lipinski definition) is 3. The van der Waals surface area contributed by atoms with Crippen molar-refractivity contribution in [1.29, 1.82) is 0 Å². The fourth-order valence-electron chi connectivity index (χ4n) is 6.85. The smallest absolute Gasteiger partial charge is 0.115 e. The molecule has 150 valence electrons. The Morgan fingerprint density at radius 3 is 2.72 bits per heavy atom. The number of allylic oxidation sites excluding steroid dienone is 4. The maximum atomic E-state index is 10.7. The fraction of sp³-hybridized carbons (Fsp3) is 0.520. The molecule has 1 aromatic carbocycles. The molecule has 0 aliphatic heterocycles. The van der Waals surface area contributed by atoms with Crippen molar-refractivity contribution in [3.8, 4) is 0 Å². The van der Waals surface area contributed by atoms with Gasteiger partial charge in [0.15, 0.2) is 0 Å². The van der Waals surface area contributed by atoms with E-state index in [1.165, 1.54) is 16.7 Å². The van der Waals surface area contributed by atoms with E-state index < -0.39 is 5.31 Å². The van der Waals surface area contributed by atoms with Crippen molar-refractivity contribution in [2.45, 2.75) is 56.4 Å². The highest BCUT2D eigenvalue weighted by molar-refractivity contribution is 6.18. The molecule has 4 heteroatoms. The highest BCUT2D eigenvalue weighted by Gasteiger charge is 2.56. The Balaban J connectivity index is 1.59. The number of ether oxygens (including phenoxy) is 1. The molecule has 29 heavy (non-hydrogen) atoms. The van der Waals surface area contributed by atoms with Crippen LogP contribution in [0.1, 0.15) is 44.1 Å². The zero-order valence-corrected chi connectivity index (χ0v) is 17.1. The van der Waals surface area contributed by atoms with E-state index in [-0.39, 0.29) is 29.1 Å². The topological polar surface area (TPSA) is 49.7 Å². The predicted molar refractivity (Wildman–Crippen MR) is 115 cm³/mol. The molecule has 0 amide bonds. The van der Waals surface area contributed by atoms with E-state index in [2.05, 4.69) is 30.3 Å². The van der Waals surface area contributed by atoms with Crippen molar-refractivity contribution < 1.29 is 14.9 Å². The van der Waals surface area contributed by atoms with Gasteiger partial charge in [0.05, 0.1) is 21.1 Å². The molecule has 2 N–H and O–H groups in total. The van der Waals surface area contributed by atoms with Crippen molar-refractivity contribution in [1.82, 2.24) is 0 Å². The van der Waals surface area contributed by atoms with Gasteiger partial charge < -0.3 is 14.9 Å². The standard InChI is InChI=1S/C25H29BO3/c1-29-22-13-18(27)11-17-7-8-20-21-12-19(28)15-24(21,9-10-25(20,26)23(17)22)14-16-5-3-2-4-6-16/h2-6,11,13,17,19,23,27-28H,7-10,12,14-15H2,1H3/t17?,19-,23?,24?,25-/m1/s1. The summed E-state index contributed by atoms with van der Waals surface area (Å²) in [6.45, 7) is 0. The quantitative estimate of drug-likeness (QED) is 0.578. The highest BCUT2D eigenvalue weighted by atomic mass is 16.5. The molecular weight excluding hydrogens is 359 g/mol. The molecule has 2 saturated carbocycles. The fourth-order valence-corrected chi connectivity index (χ4v) is 6.85. The van der Waals surface area contributed by atoms with Crippen molar-refractivity contribution >= 4 is 7.85 Å². The van der Waals surface area contributed by atoms with Crippen LogP contribution in [0, 0.1) is 17.3 Å². The van der Waals surface area contributed by atoms with Crippen LogP contribution in [0.25, 0.3) is 0 Å². The van der Waals surface area contributed by atoms with Gasteiger partial charge in [-0.1, -0.05) is 47.9 Å². The molecule has 0 spiro atoms. The normalized spacial score (nSPS) is 38.5. The van der Waals surface area contributed by atoms with Crippen LogP contribution in [-0.4, -0.2) is 31.3 Å². The lowest BCUT2D eigenvalue weighted by Gasteiger charge is -2.55. The van der Waals surface area contributed by atoms with Gasteiger partial charge in [-0.3, -0.25) is 0 Å². The summed E-state index contributed by atoms with van der Waals surface area (Å²) in [4.78, 5) is 0. The number of rotatable bonds is 3. The maximum Gasteiger partial charge on any atom is 0.115 e. The summed E-state index contributed by atoms with van der Waals surface area (Å²) in [6, 6.07) is 10.7. The first-order chi connectivity index (χ1) is 13.9. The lowest BCUT2D eigenvalue weighted by molar-refractivity contribution is 0.125. The van der Waals surface area contributed by atoms with Crippen LogP contribution in [0.3, 0.4) is 0 Å². The van der Waals surface area contributed by atoms with Gasteiger partial charge in [0.2, 0.25) is 0 Å². The van der Waals surface area contributed by atoms with Gasteiger partial charge in [0.1, 0.15) is 11.5 Å². The first-order valence-electron chi connectivity index (χ1n) is 10.9. The van der Waals surface area contributed by atoms with E-state index in [4.69, 9.17) is 12.6 Å². The minimum absolute atomic E-state index is 0.0232. The number of fused-ring (bicyclic) bond motifs is 4. The van der Waals surface area contributed by atoms with E-state index in [9.17, 15) is 10.2 Å². The first kappa shape index (κ1) is 19.1. The summed E-state index contributed by atoms with van der Waals surface area (Å²) < 4.78 is 5.71. The van der Waals surface area contributed by atoms with Gasteiger partial charge in [-0.15, -0.1) is 0 Å². The van der Waals surface area contributed by atoms with Crippen molar-refractivity contribution in [3.05, 3.63) is 70.7 Å². The predicted octanol–water partition coefficient (Wildman–Crippen LogP) is 4.80. The van der Waals surface area contributed by atoms with Crippen LogP contribution >= 0.6 is 0 Å². The average molecular weight is 388 g/mol. The average Bonchev–Trinajstić information content (AvgIpc) is 3.03. The molecular formula is C25H29BO3. The molecule has 4 aliphatic rings. The van der Waals surface area contributed by atoms with Crippen molar-refractivity contribution in [3.63, 3.8) is 0 Å². The number of aliphatic hydroxyl groups is 2. The highest BCUT2D eigenvalue weighted by Crippen LogP contribution is 2.67. The van der Waals surface area contributed by atoms with Crippen LogP contribution < -0.4 is 0 Å². The van der Waals surface area contributed by atoms with Gasteiger partial charge in [-0.2, -0.15) is 0 Å². The van der Waals surface area contributed by atoms with Crippen LogP contribution in [0.2, 0.25) is 5.31 Å². The summed E-state index contributed by atoms with van der Waals surface area (Å²) in [7, 11) is 8.89. The zero-order valence-electron chi connectivity index (χ0n) is 17.1. The van der Waals surface area contributed by atoms with Crippen molar-refractivity contribution in [2.75, 3.05) is 7.11 Å². The van der Waals surface area contributed by atoms with Gasteiger partial charge in [0.25, 0.3) is 0 Å². The molecule has 1 aromatic rings. The summed E-state index contributed by atoms with van der Waals surface area (Å²) in [5.41, 5.74) is 4.13. The van der Waals surface area contributed by atoms with Gasteiger partial charge in [-0.05, 0) is 66.8 Å². The van der Waals surface area contributed by atoms with E-state index >= 15 is 0 Å². The second kappa shape index (κ2) is 6.80. The summed E-state index contributed by atoms with van der Waals surface area (Å²) >= 11 is 0. The van der Waals surface area contributed by atoms with E-state index in [0.717, 1.165) is 50.7 Å². The number of methoxy groups -OCH3 is 1. The monoisotopic (exact) mass is 388 g/mol. The van der Waals surface area contributed by atoms with E-state index in [1.54, 1.807) is 13.2 Å². The summed E-state index contributed by atoms with van der Waals surface area (Å²) in [5.74, 6) is 1.35. The molecule has 5 atom stereocenters. The largest absolute Gasteiger partial charge is 0.508 e. The SMILES string of the molecule is [B][C@]12CCC3(Cc4ccccc4)C[C@H](O)CC3=C1CCC1C=C(O)C=C(OC)C12. The molecule has 3 nitrogen and oxygen atoms in total. The molecule has 2 radical (unpaired) electrons. The molecule has 3 unspecified atom stereocenters. The Labute approximate surface area is 174 Å². The van der Waals surface area contributed by atoms with E-state index in [0.29, 0.717) is 0 Å². The summed E-state index contributed by atoms with van der Waals surface area (Å²) in [5, 5.41) is 20.4. The second-order valence-electron chi connectivity index (χ2n) is 9.52. The molecule has 5 rings (SSSR count). The van der Waals surface area contributed by atoms with Crippen LogP contribution in [0.15, 0.2) is 65.1 Å². The third kappa shape index (κ3) is 2.91. The van der Waals surface area contributed by atoms with E-state index in [1.807, 2.05) is 6.08 Å². The Hall–Kier alpha value is -1.94. The maximum absolute atomic E-state index is 10.7. The van der Waals surface area contributed by atoms with Crippen LogP contribution in [0.5, 0.6) is 0 Å². The molecule has 0 saturated heterocycles. The van der Waals surface area contributed by atoms with Gasteiger partial charge >= 0.3 is 0 Å². The minimum atomic E-state index is -0.457. The third-order valence-electron chi connectivity index (χ3n) is 7.96. The lowest BCUT2D eigenvalue weighted by atomic mass is 9.42. The van der Waals surface area contributed by atoms with Gasteiger partial charge in [-0.25, -0.2) is 0 Å². The number of aliphatic hydroxyl groups excluding tert-OH is 2. The molecule has 0 bridgehead atoms. The number of hydrogen-bond donors (Lipinski definition) is 2. The zero-order chi connectivity index (χ0) is 20.2. The Morgan fingerprint density at radius 1 is 1.17 bits per heavy atom. The number of benzene rings is 1. The lowest BCUT2D eigenvalue weighted by Crippen LogP contribution is -2.44. The van der Waals surface area contributed by atoms with Crippen LogP contribution in [0.4, 0.5) is 0 Å². The Kier molecular flexibility index (Phi) is 4.47.